The Morgan fingerprint density at radius 1 is 1.05 bits per heavy atom. The van der Waals surface area contributed by atoms with Crippen LogP contribution >= 0.6 is 0 Å². The molecule has 228 valence electrons. The Bertz CT molecular complexity index is 1490. The van der Waals surface area contributed by atoms with Gasteiger partial charge in [-0.2, -0.15) is 0 Å². The molecule has 2 aromatic carbocycles. The Hall–Kier alpha value is -4.88. The number of aromatic nitrogens is 1. The van der Waals surface area contributed by atoms with Crippen LogP contribution in [0, 0.1) is 6.57 Å². The summed E-state index contributed by atoms with van der Waals surface area (Å²) in [6, 6.07) is 19.8. The molecule has 0 bridgehead atoms. The van der Waals surface area contributed by atoms with Gasteiger partial charge in [0.2, 0.25) is 11.6 Å². The topological polar surface area (TPSA) is 97.2 Å². The third-order valence-electron chi connectivity index (χ3n) is 8.43. The van der Waals surface area contributed by atoms with Gasteiger partial charge in [0.1, 0.15) is 5.82 Å². The van der Waals surface area contributed by atoms with E-state index in [0.29, 0.717) is 24.0 Å². The lowest BCUT2D eigenvalue weighted by Gasteiger charge is -2.45. The molecule has 1 aliphatic carbocycles. The first-order valence-electron chi connectivity index (χ1n) is 15.0. The van der Waals surface area contributed by atoms with Gasteiger partial charge in [0, 0.05) is 49.6 Å². The molecule has 0 unspecified atom stereocenters. The van der Waals surface area contributed by atoms with E-state index in [2.05, 4.69) is 56.3 Å². The van der Waals surface area contributed by atoms with Gasteiger partial charge in [0.05, 0.1) is 17.9 Å². The number of hydrogen-bond acceptors (Lipinski definition) is 6. The van der Waals surface area contributed by atoms with Crippen molar-refractivity contribution in [2.24, 2.45) is 0 Å². The Labute approximate surface area is 259 Å². The molecule has 0 atom stereocenters. The highest BCUT2D eigenvalue weighted by atomic mass is 16.2. The molecule has 5 rings (SSSR count). The SMILES string of the molecule is [C-]#[N+]c1ccc(NC2CCC(N(C(=O)NCc3ccccc3)c3ccc(N4CC(N(C)C)C4)c(NC(=O)C=C)c3)CC2)nc1. The Morgan fingerprint density at radius 2 is 1.80 bits per heavy atom. The maximum Gasteiger partial charge on any atom is 0.322 e. The number of likely N-dealkylation sites (N-methyl/N-ethyl adjacent to an activating group) is 1. The van der Waals surface area contributed by atoms with Crippen molar-refractivity contribution < 1.29 is 9.59 Å². The molecule has 1 aromatic heterocycles. The van der Waals surface area contributed by atoms with Crippen LogP contribution < -0.4 is 25.8 Å². The van der Waals surface area contributed by atoms with E-state index < -0.39 is 0 Å². The van der Waals surface area contributed by atoms with E-state index >= 15 is 0 Å². The van der Waals surface area contributed by atoms with Gasteiger partial charge in [0.25, 0.3) is 0 Å². The Balaban J connectivity index is 1.36. The van der Waals surface area contributed by atoms with Crippen molar-refractivity contribution in [2.45, 2.75) is 50.4 Å². The molecule has 2 heterocycles. The summed E-state index contributed by atoms with van der Waals surface area (Å²) in [6.07, 6.45) is 6.14. The van der Waals surface area contributed by atoms with Crippen LogP contribution in [0.15, 0.2) is 79.5 Å². The van der Waals surface area contributed by atoms with E-state index in [4.69, 9.17) is 6.57 Å². The molecule has 1 saturated carbocycles. The van der Waals surface area contributed by atoms with Gasteiger partial charge in [-0.15, -0.1) is 0 Å². The minimum atomic E-state index is -0.294. The van der Waals surface area contributed by atoms with Crippen LogP contribution in [-0.2, 0) is 11.3 Å². The van der Waals surface area contributed by atoms with E-state index in [1.165, 1.54) is 6.08 Å². The molecule has 0 spiro atoms. The fourth-order valence-corrected chi connectivity index (χ4v) is 5.79. The van der Waals surface area contributed by atoms with Crippen molar-refractivity contribution in [3.8, 4) is 0 Å². The number of rotatable bonds is 10. The molecule has 2 aliphatic rings. The maximum absolute atomic E-state index is 13.9. The number of anilines is 4. The number of hydrogen-bond donors (Lipinski definition) is 3. The predicted molar refractivity (Wildman–Crippen MR) is 176 cm³/mol. The zero-order valence-corrected chi connectivity index (χ0v) is 25.4. The standard InChI is InChI=1S/C34H40N8O2/c1-5-33(43)39-30-19-28(16-17-31(30)41-22-29(23-41)40(3)4)42(34(44)37-20-24-9-7-6-8-10-24)27-14-11-25(12-15-27)38-32-18-13-26(35-2)21-36-32/h5-10,13,16-19,21,25,27,29H,1,11-12,14-15,20,22-23H2,3-4H3,(H,36,38)(H,37,44)(H,39,43). The van der Waals surface area contributed by atoms with E-state index in [0.717, 1.165) is 61.5 Å². The summed E-state index contributed by atoms with van der Waals surface area (Å²) in [7, 11) is 4.15. The highest BCUT2D eigenvalue weighted by Crippen LogP contribution is 2.37. The summed E-state index contributed by atoms with van der Waals surface area (Å²) >= 11 is 0. The van der Waals surface area contributed by atoms with Crippen molar-refractivity contribution in [1.82, 2.24) is 15.2 Å². The summed E-state index contributed by atoms with van der Waals surface area (Å²) in [5, 5.41) is 9.60. The molecule has 0 radical (unpaired) electrons. The number of nitrogens with zero attached hydrogens (tertiary/aromatic N) is 5. The number of urea groups is 1. The minimum absolute atomic E-state index is 0.0304. The van der Waals surface area contributed by atoms with Crippen LogP contribution in [0.5, 0.6) is 0 Å². The summed E-state index contributed by atoms with van der Waals surface area (Å²) in [6.45, 7) is 12.9. The summed E-state index contributed by atoms with van der Waals surface area (Å²) < 4.78 is 0. The lowest BCUT2D eigenvalue weighted by molar-refractivity contribution is -0.111. The van der Waals surface area contributed by atoms with Gasteiger partial charge in [0.15, 0.2) is 0 Å². The second kappa shape index (κ2) is 14.1. The second-order valence-electron chi connectivity index (χ2n) is 11.6. The molecular weight excluding hydrogens is 552 g/mol. The lowest BCUT2D eigenvalue weighted by Crippen LogP contribution is -2.57. The van der Waals surface area contributed by atoms with Crippen LogP contribution in [0.25, 0.3) is 4.85 Å². The maximum atomic E-state index is 13.9. The quantitative estimate of drug-likeness (QED) is 0.208. The number of carbonyl (C=O) groups excluding carboxylic acids is 2. The third-order valence-corrected chi connectivity index (χ3v) is 8.43. The summed E-state index contributed by atoms with van der Waals surface area (Å²) in [4.78, 5) is 40.4. The molecule has 1 saturated heterocycles. The van der Waals surface area contributed by atoms with Crippen LogP contribution in [-0.4, -0.2) is 67.1 Å². The minimum Gasteiger partial charge on any atom is -0.367 e. The average Bonchev–Trinajstić information content (AvgIpc) is 3.02. The summed E-state index contributed by atoms with van der Waals surface area (Å²) in [5.74, 6) is 0.455. The molecule has 44 heavy (non-hydrogen) atoms. The summed E-state index contributed by atoms with van der Waals surface area (Å²) in [5.41, 5.74) is 3.85. The third kappa shape index (κ3) is 7.36. The smallest absolute Gasteiger partial charge is 0.322 e. The van der Waals surface area contributed by atoms with Crippen molar-refractivity contribution in [3.63, 3.8) is 0 Å². The molecule has 2 fully saturated rings. The average molecular weight is 593 g/mol. The molecule has 3 aromatic rings. The first kappa shape index (κ1) is 30.6. The number of benzene rings is 2. The zero-order valence-electron chi connectivity index (χ0n) is 25.4. The lowest BCUT2D eigenvalue weighted by atomic mass is 9.89. The van der Waals surface area contributed by atoms with Crippen LogP contribution in [0.2, 0.25) is 0 Å². The van der Waals surface area contributed by atoms with Gasteiger partial charge < -0.3 is 25.8 Å². The first-order chi connectivity index (χ1) is 21.3. The molecule has 3 N–H and O–H groups in total. The van der Waals surface area contributed by atoms with Crippen molar-refractivity contribution >= 4 is 40.5 Å². The second-order valence-corrected chi connectivity index (χ2v) is 11.6. The zero-order chi connectivity index (χ0) is 31.1. The van der Waals surface area contributed by atoms with Gasteiger partial charge in [-0.1, -0.05) is 43.0 Å². The molecule has 1 aliphatic heterocycles. The first-order valence-corrected chi connectivity index (χ1v) is 15.0. The van der Waals surface area contributed by atoms with E-state index in [-0.39, 0.29) is 24.0 Å². The van der Waals surface area contributed by atoms with E-state index in [9.17, 15) is 9.59 Å². The molecule has 10 nitrogen and oxygen atoms in total. The van der Waals surface area contributed by atoms with Crippen LogP contribution in [0.4, 0.5) is 33.4 Å². The van der Waals surface area contributed by atoms with Crippen molar-refractivity contribution in [2.75, 3.05) is 47.6 Å². The number of amides is 3. The number of carbonyl (C=O) groups is 2. The highest BCUT2D eigenvalue weighted by molar-refractivity contribution is 6.02. The van der Waals surface area contributed by atoms with Gasteiger partial charge in [-0.25, -0.2) is 9.64 Å². The largest absolute Gasteiger partial charge is 0.367 e. The highest BCUT2D eigenvalue weighted by Gasteiger charge is 2.33. The normalized spacial score (nSPS) is 18.1. The molecule has 10 heteroatoms. The number of nitrogens with one attached hydrogen (secondary N) is 3. The Morgan fingerprint density at radius 3 is 2.43 bits per heavy atom. The predicted octanol–water partition coefficient (Wildman–Crippen LogP) is 5.65. The monoisotopic (exact) mass is 592 g/mol. The van der Waals surface area contributed by atoms with E-state index in [1.807, 2.05) is 59.5 Å². The number of pyridine rings is 1. The fourth-order valence-electron chi connectivity index (χ4n) is 5.79. The van der Waals surface area contributed by atoms with Gasteiger partial charge >= 0.3 is 6.03 Å². The molecular formula is C34H40N8O2. The van der Waals surface area contributed by atoms with E-state index in [1.54, 1.807) is 12.3 Å². The van der Waals surface area contributed by atoms with Crippen LogP contribution in [0.3, 0.4) is 0 Å². The fraction of sp³-hybridized carbons (Fsp3) is 0.353. The van der Waals surface area contributed by atoms with Crippen molar-refractivity contribution in [1.29, 1.82) is 0 Å². The Kier molecular flexibility index (Phi) is 9.77. The van der Waals surface area contributed by atoms with Gasteiger partial charge in [-0.3, -0.25) is 14.7 Å². The van der Waals surface area contributed by atoms with Crippen molar-refractivity contribution in [3.05, 3.63) is 96.5 Å². The van der Waals surface area contributed by atoms with Gasteiger partial charge in [-0.05, 0) is 75.7 Å². The molecule has 3 amide bonds. The van der Waals surface area contributed by atoms with Crippen LogP contribution in [0.1, 0.15) is 31.2 Å².